The van der Waals surface area contributed by atoms with Crippen LogP contribution in [0.1, 0.15) is 0 Å². The number of hydrogen-bond acceptors (Lipinski definition) is 3. The van der Waals surface area contributed by atoms with Crippen LogP contribution in [0.3, 0.4) is 0 Å². The molecule has 4 nitrogen and oxygen atoms in total. The van der Waals surface area contributed by atoms with Crippen molar-refractivity contribution in [2.45, 2.75) is 0 Å². The van der Waals surface area contributed by atoms with Crippen LogP contribution in [-0.4, -0.2) is 4.57 Å². The van der Waals surface area contributed by atoms with Crippen molar-refractivity contribution in [3.63, 3.8) is 0 Å². The number of anilines is 3. The summed E-state index contributed by atoms with van der Waals surface area (Å²) in [5, 5.41) is 9.12. The van der Waals surface area contributed by atoms with Crippen LogP contribution < -0.4 is 4.90 Å². The summed E-state index contributed by atoms with van der Waals surface area (Å²) in [6.45, 7) is 0. The first-order valence-corrected chi connectivity index (χ1v) is 21.1. The summed E-state index contributed by atoms with van der Waals surface area (Å²) in [7, 11) is 0. The number of nitrogens with zero attached hydrogens (tertiary/aromatic N) is 2. The highest BCUT2D eigenvalue weighted by Gasteiger charge is 2.22. The monoisotopic (exact) mass is 792 g/mol. The van der Waals surface area contributed by atoms with Crippen molar-refractivity contribution in [3.8, 4) is 27.9 Å². The highest BCUT2D eigenvalue weighted by atomic mass is 16.3. The van der Waals surface area contributed by atoms with E-state index in [0.29, 0.717) is 0 Å². The number of fused-ring (bicyclic) bond motifs is 11. The molecule has 290 valence electrons. The average molecular weight is 793 g/mol. The lowest BCUT2D eigenvalue weighted by atomic mass is 10.00. The second kappa shape index (κ2) is 13.6. The lowest BCUT2D eigenvalue weighted by molar-refractivity contribution is 0.670. The van der Waals surface area contributed by atoms with Crippen molar-refractivity contribution >= 4 is 93.5 Å². The van der Waals surface area contributed by atoms with Crippen LogP contribution in [-0.2, 0) is 0 Å². The topological polar surface area (TPSA) is 34.5 Å². The number of benzene rings is 10. The summed E-state index contributed by atoms with van der Waals surface area (Å²) >= 11 is 0. The molecule has 13 aromatic rings. The molecule has 13 rings (SSSR count). The summed E-state index contributed by atoms with van der Waals surface area (Å²) in [6.07, 6.45) is 0. The van der Waals surface area contributed by atoms with Crippen LogP contribution in [0, 0.1) is 0 Å². The first-order chi connectivity index (χ1) is 30.7. The van der Waals surface area contributed by atoms with Crippen molar-refractivity contribution < 1.29 is 8.83 Å². The van der Waals surface area contributed by atoms with Gasteiger partial charge in [-0.25, -0.2) is 0 Å². The predicted molar refractivity (Wildman–Crippen MR) is 258 cm³/mol. The fourth-order valence-electron chi connectivity index (χ4n) is 9.75. The molecule has 0 amide bonds. The van der Waals surface area contributed by atoms with Crippen LogP contribution >= 0.6 is 0 Å². The van der Waals surface area contributed by atoms with E-state index in [2.05, 4.69) is 216 Å². The minimum atomic E-state index is 0.850. The van der Waals surface area contributed by atoms with Gasteiger partial charge in [0, 0.05) is 54.9 Å². The number of furan rings is 2. The Kier molecular flexibility index (Phi) is 7.57. The van der Waals surface area contributed by atoms with Crippen LogP contribution in [0.25, 0.3) is 104 Å². The van der Waals surface area contributed by atoms with E-state index in [1.165, 1.54) is 21.8 Å². The molecule has 0 fully saturated rings. The van der Waals surface area contributed by atoms with E-state index in [9.17, 15) is 0 Å². The summed E-state index contributed by atoms with van der Waals surface area (Å²) in [5.74, 6) is 0. The first-order valence-electron chi connectivity index (χ1n) is 21.1. The Labute approximate surface area is 356 Å². The lowest BCUT2D eigenvalue weighted by Gasteiger charge is -2.27. The Morgan fingerprint density at radius 2 is 1.03 bits per heavy atom. The number of hydrogen-bond donors (Lipinski definition) is 0. The Morgan fingerprint density at radius 1 is 0.355 bits per heavy atom. The molecule has 0 aliphatic rings. The van der Waals surface area contributed by atoms with Gasteiger partial charge >= 0.3 is 0 Å². The Bertz CT molecular complexity index is 3870. The van der Waals surface area contributed by atoms with E-state index in [4.69, 9.17) is 8.83 Å². The predicted octanol–water partition coefficient (Wildman–Crippen LogP) is 16.5. The SMILES string of the molecule is c1ccc(-n2c3ccccc3c3cc(-c4cccc(N(c5ccc(-c6cccc7c6oc6ccccc67)cc5)c5cccc6oc7c8ccccc8ccc7c56)c4)ccc32)cc1. The summed E-state index contributed by atoms with van der Waals surface area (Å²) in [4.78, 5) is 2.38. The molecular formula is C58H36N2O2. The van der Waals surface area contributed by atoms with Gasteiger partial charge in [-0.2, -0.15) is 0 Å². The van der Waals surface area contributed by atoms with Gasteiger partial charge in [-0.3, -0.25) is 0 Å². The molecule has 10 aromatic carbocycles. The maximum Gasteiger partial charge on any atom is 0.143 e. The zero-order valence-corrected chi connectivity index (χ0v) is 33.5. The third-order valence-corrected chi connectivity index (χ3v) is 12.6. The quantitative estimate of drug-likeness (QED) is 0.168. The fraction of sp³-hybridized carbons (Fsp3) is 0. The molecule has 62 heavy (non-hydrogen) atoms. The molecule has 0 saturated carbocycles. The molecule has 0 bridgehead atoms. The average Bonchev–Trinajstić information content (AvgIpc) is 4.02. The van der Waals surface area contributed by atoms with Crippen molar-refractivity contribution in [3.05, 3.63) is 218 Å². The zero-order valence-electron chi connectivity index (χ0n) is 33.5. The van der Waals surface area contributed by atoms with Gasteiger partial charge < -0.3 is 18.3 Å². The van der Waals surface area contributed by atoms with Gasteiger partial charge in [-0.05, 0) is 101 Å². The molecule has 4 heteroatoms. The molecule has 3 aromatic heterocycles. The van der Waals surface area contributed by atoms with Gasteiger partial charge in [-0.1, -0.05) is 140 Å². The molecule has 3 heterocycles. The maximum absolute atomic E-state index is 6.73. The van der Waals surface area contributed by atoms with Crippen molar-refractivity contribution in [2.24, 2.45) is 0 Å². The van der Waals surface area contributed by atoms with E-state index in [1.807, 2.05) is 12.1 Å². The normalized spacial score (nSPS) is 11.9. The molecule has 0 unspecified atom stereocenters. The second-order valence-corrected chi connectivity index (χ2v) is 16.0. The molecule has 0 aliphatic carbocycles. The van der Waals surface area contributed by atoms with Gasteiger partial charge in [-0.15, -0.1) is 0 Å². The minimum absolute atomic E-state index is 0.850. The van der Waals surface area contributed by atoms with Crippen molar-refractivity contribution in [1.29, 1.82) is 0 Å². The standard InChI is InChI=1S/C58H36N2O2/c1-2-15-41(16-3-1)60-51-23-8-6-19-46(51)50-36-40(30-34-52(50)60)39-14-10-17-43(35-39)59(53-24-12-26-55-56(53)49-33-29-37-13-4-5-18-44(37)58(49)62-55)42-31-27-38(28-32-42)45-21-11-22-48-47-20-7-9-25-54(47)61-57(45)48/h1-36H. The van der Waals surface area contributed by atoms with Gasteiger partial charge in [0.1, 0.15) is 22.3 Å². The van der Waals surface area contributed by atoms with Crippen molar-refractivity contribution in [1.82, 2.24) is 4.57 Å². The summed E-state index contributed by atoms with van der Waals surface area (Å²) in [6, 6.07) is 77.9. The van der Waals surface area contributed by atoms with Gasteiger partial charge in [0.05, 0.1) is 22.1 Å². The van der Waals surface area contributed by atoms with Gasteiger partial charge in [0.2, 0.25) is 0 Å². The third kappa shape index (κ3) is 5.27. The molecule has 0 radical (unpaired) electrons. The van der Waals surface area contributed by atoms with E-state index in [-0.39, 0.29) is 0 Å². The summed E-state index contributed by atoms with van der Waals surface area (Å²) in [5.41, 5.74) is 14.6. The highest BCUT2D eigenvalue weighted by Crippen LogP contribution is 2.46. The van der Waals surface area contributed by atoms with Crippen LogP contribution in [0.5, 0.6) is 0 Å². The molecule has 0 N–H and O–H groups in total. The van der Waals surface area contributed by atoms with Gasteiger partial charge in [0.25, 0.3) is 0 Å². The van der Waals surface area contributed by atoms with E-state index in [0.717, 1.165) is 99.7 Å². The number of rotatable bonds is 6. The molecule has 0 spiro atoms. The lowest BCUT2D eigenvalue weighted by Crippen LogP contribution is -2.10. The molecule has 0 atom stereocenters. The van der Waals surface area contributed by atoms with Crippen molar-refractivity contribution in [2.75, 3.05) is 4.90 Å². The highest BCUT2D eigenvalue weighted by molar-refractivity contribution is 6.20. The summed E-state index contributed by atoms with van der Waals surface area (Å²) < 4.78 is 15.6. The number of para-hydroxylation sites is 4. The Hall–Kier alpha value is -8.34. The number of aromatic nitrogens is 1. The third-order valence-electron chi connectivity index (χ3n) is 12.6. The van der Waals surface area contributed by atoms with Crippen LogP contribution in [0.4, 0.5) is 17.1 Å². The zero-order chi connectivity index (χ0) is 40.7. The Morgan fingerprint density at radius 3 is 1.94 bits per heavy atom. The molecular weight excluding hydrogens is 757 g/mol. The van der Waals surface area contributed by atoms with Crippen LogP contribution in [0.2, 0.25) is 0 Å². The first kappa shape index (κ1) is 34.5. The smallest absolute Gasteiger partial charge is 0.143 e. The fourth-order valence-corrected chi connectivity index (χ4v) is 9.75. The van der Waals surface area contributed by atoms with E-state index < -0.39 is 0 Å². The minimum Gasteiger partial charge on any atom is -0.455 e. The molecule has 0 aliphatic heterocycles. The molecule has 0 saturated heterocycles. The Balaban J connectivity index is 0.994. The van der Waals surface area contributed by atoms with Gasteiger partial charge in [0.15, 0.2) is 0 Å². The maximum atomic E-state index is 6.73. The largest absolute Gasteiger partial charge is 0.455 e. The van der Waals surface area contributed by atoms with E-state index >= 15 is 0 Å². The van der Waals surface area contributed by atoms with Crippen LogP contribution in [0.15, 0.2) is 227 Å². The van der Waals surface area contributed by atoms with E-state index in [1.54, 1.807) is 0 Å². The second-order valence-electron chi connectivity index (χ2n) is 16.0.